The molecule has 218 valence electrons. The summed E-state index contributed by atoms with van der Waals surface area (Å²) in [5, 5.41) is 9.38. The molecule has 1 N–H and O–H groups in total. The van der Waals surface area contributed by atoms with Gasteiger partial charge in [0.2, 0.25) is 0 Å². The second-order valence-electron chi connectivity index (χ2n) is 11.3. The van der Waals surface area contributed by atoms with E-state index in [1.54, 1.807) is 0 Å². The van der Waals surface area contributed by atoms with Crippen molar-refractivity contribution in [1.82, 2.24) is 0 Å². The van der Waals surface area contributed by atoms with Gasteiger partial charge in [0, 0.05) is 6.61 Å². The van der Waals surface area contributed by atoms with E-state index >= 15 is 0 Å². The molecule has 2 atom stereocenters. The molecular formula is C28H60NO6P. The predicted octanol–water partition coefficient (Wildman–Crippen LogP) is 6.61. The zero-order valence-corrected chi connectivity index (χ0v) is 25.1. The highest BCUT2D eigenvalue weighted by molar-refractivity contribution is 7.45. The minimum Gasteiger partial charge on any atom is -0.756 e. The van der Waals surface area contributed by atoms with Crippen molar-refractivity contribution in [3.05, 3.63) is 0 Å². The Balaban J connectivity index is 3.45. The molecule has 0 rings (SSSR count). The van der Waals surface area contributed by atoms with Gasteiger partial charge in [0.05, 0.1) is 34.4 Å². The maximum atomic E-state index is 11.9. The van der Waals surface area contributed by atoms with Crippen LogP contribution in [0.15, 0.2) is 0 Å². The summed E-state index contributed by atoms with van der Waals surface area (Å²) in [6.07, 6.45) is 23.1. The number of unbranched alkanes of at least 4 members (excludes halogenated alkanes) is 17. The summed E-state index contributed by atoms with van der Waals surface area (Å²) in [6.45, 7) is 3.02. The lowest BCUT2D eigenvalue weighted by molar-refractivity contribution is -0.870. The van der Waals surface area contributed by atoms with Gasteiger partial charge in [-0.1, -0.05) is 116 Å². The van der Waals surface area contributed by atoms with Crippen molar-refractivity contribution >= 4 is 7.82 Å². The molecule has 0 aliphatic carbocycles. The third-order valence-electron chi connectivity index (χ3n) is 6.44. The minimum atomic E-state index is -4.45. The van der Waals surface area contributed by atoms with Crippen LogP contribution < -0.4 is 4.89 Å². The average Bonchev–Trinajstić information content (AvgIpc) is 2.81. The lowest BCUT2D eigenvalue weighted by Crippen LogP contribution is -2.37. The van der Waals surface area contributed by atoms with Gasteiger partial charge in [0.15, 0.2) is 0 Å². The summed E-state index contributed by atoms with van der Waals surface area (Å²) < 4.78 is 27.8. The second-order valence-corrected chi connectivity index (χ2v) is 12.7. The van der Waals surface area contributed by atoms with Crippen molar-refractivity contribution < 1.29 is 32.8 Å². The number of quaternary nitrogens is 1. The van der Waals surface area contributed by atoms with Crippen LogP contribution in [0.2, 0.25) is 0 Å². The quantitative estimate of drug-likeness (QED) is 0.0686. The monoisotopic (exact) mass is 537 g/mol. The van der Waals surface area contributed by atoms with Crippen molar-refractivity contribution in [2.45, 2.75) is 129 Å². The van der Waals surface area contributed by atoms with Crippen LogP contribution in [0.1, 0.15) is 122 Å². The molecule has 8 heteroatoms. The van der Waals surface area contributed by atoms with E-state index in [0.29, 0.717) is 17.6 Å². The van der Waals surface area contributed by atoms with Crippen LogP contribution in [0.3, 0.4) is 0 Å². The van der Waals surface area contributed by atoms with E-state index in [0.717, 1.165) is 12.8 Å². The largest absolute Gasteiger partial charge is 0.756 e. The van der Waals surface area contributed by atoms with Gasteiger partial charge in [-0.3, -0.25) is 4.57 Å². The van der Waals surface area contributed by atoms with Crippen molar-refractivity contribution in [2.24, 2.45) is 0 Å². The van der Waals surface area contributed by atoms with Gasteiger partial charge in [-0.25, -0.2) is 0 Å². The maximum absolute atomic E-state index is 11.9. The molecule has 0 saturated heterocycles. The molecule has 1 unspecified atom stereocenters. The number of phosphoric acid groups is 1. The standard InChI is InChI=1S/C28H60NO6P/c1-5-6-7-8-9-10-11-12-13-14-15-16-17-18-19-20-21-22-24-33-27-28(26-30)35-36(31,32)34-25-23-29(2,3)4/h28,30H,5-27H2,1-4H3/t28-/m1/s1. The van der Waals surface area contributed by atoms with Crippen molar-refractivity contribution in [3.63, 3.8) is 0 Å². The van der Waals surface area contributed by atoms with E-state index < -0.39 is 20.5 Å². The molecule has 0 aliphatic rings. The molecule has 0 aromatic rings. The number of likely N-dealkylation sites (N-methyl/N-ethyl adjacent to an activating group) is 1. The number of hydrogen-bond donors (Lipinski definition) is 1. The Morgan fingerprint density at radius 3 is 1.53 bits per heavy atom. The Hall–Kier alpha value is -0.0100. The number of aliphatic hydroxyl groups excluding tert-OH is 1. The SMILES string of the molecule is CCCCCCCCCCCCCCCCCCCCOC[C@@H](CO)OP(=O)([O-])OCC[N+](C)(C)C. The molecule has 0 amide bonds. The second kappa shape index (κ2) is 24.1. The topological polar surface area (TPSA) is 88.0 Å². The summed E-state index contributed by atoms with van der Waals surface area (Å²) >= 11 is 0. The molecule has 0 radical (unpaired) electrons. The number of rotatable bonds is 28. The van der Waals surface area contributed by atoms with Gasteiger partial charge in [-0.05, 0) is 6.42 Å². The van der Waals surface area contributed by atoms with Gasteiger partial charge in [0.1, 0.15) is 19.3 Å². The molecule has 0 aliphatic heterocycles. The van der Waals surface area contributed by atoms with Crippen LogP contribution in [0.5, 0.6) is 0 Å². The lowest BCUT2D eigenvalue weighted by atomic mass is 10.0. The Morgan fingerprint density at radius 1 is 0.722 bits per heavy atom. The maximum Gasteiger partial charge on any atom is 0.268 e. The highest BCUT2D eigenvalue weighted by Gasteiger charge is 2.19. The molecule has 0 heterocycles. The normalized spacial score (nSPS) is 14.7. The van der Waals surface area contributed by atoms with E-state index in [4.69, 9.17) is 13.8 Å². The van der Waals surface area contributed by atoms with Crippen molar-refractivity contribution in [1.29, 1.82) is 0 Å². The Morgan fingerprint density at radius 2 is 1.14 bits per heavy atom. The zero-order valence-electron chi connectivity index (χ0n) is 24.2. The number of ether oxygens (including phenoxy) is 1. The number of hydrogen-bond acceptors (Lipinski definition) is 6. The summed E-state index contributed by atoms with van der Waals surface area (Å²) in [5.74, 6) is 0. The van der Waals surface area contributed by atoms with E-state index in [1.165, 1.54) is 103 Å². The van der Waals surface area contributed by atoms with Crippen LogP contribution >= 0.6 is 7.82 Å². The first-order valence-electron chi connectivity index (χ1n) is 14.8. The average molecular weight is 538 g/mol. The van der Waals surface area contributed by atoms with Gasteiger partial charge < -0.3 is 28.3 Å². The van der Waals surface area contributed by atoms with E-state index in [2.05, 4.69) is 6.92 Å². The van der Waals surface area contributed by atoms with Gasteiger partial charge in [-0.2, -0.15) is 0 Å². The summed E-state index contributed by atoms with van der Waals surface area (Å²) in [4.78, 5) is 11.9. The summed E-state index contributed by atoms with van der Waals surface area (Å²) in [6, 6.07) is 0. The van der Waals surface area contributed by atoms with Crippen LogP contribution in [0.4, 0.5) is 0 Å². The molecule has 36 heavy (non-hydrogen) atoms. The smallest absolute Gasteiger partial charge is 0.268 e. The van der Waals surface area contributed by atoms with Crippen LogP contribution in [0, 0.1) is 0 Å². The first-order valence-corrected chi connectivity index (χ1v) is 16.3. The number of nitrogens with zero attached hydrogens (tertiary/aromatic N) is 1. The molecular weight excluding hydrogens is 477 g/mol. The van der Waals surface area contributed by atoms with Gasteiger partial charge in [0.25, 0.3) is 7.82 Å². The Bertz CT molecular complexity index is 515. The highest BCUT2D eigenvalue weighted by Crippen LogP contribution is 2.39. The fourth-order valence-electron chi connectivity index (χ4n) is 4.08. The zero-order chi connectivity index (χ0) is 27.0. The van der Waals surface area contributed by atoms with E-state index in [-0.39, 0.29) is 13.2 Å². The Kier molecular flexibility index (Phi) is 24.1. The van der Waals surface area contributed by atoms with Crippen molar-refractivity contribution in [3.8, 4) is 0 Å². The third-order valence-corrected chi connectivity index (χ3v) is 7.49. The van der Waals surface area contributed by atoms with Gasteiger partial charge >= 0.3 is 0 Å². The fraction of sp³-hybridized carbons (Fsp3) is 1.00. The third kappa shape index (κ3) is 27.0. The minimum absolute atomic E-state index is 0.0420. The molecule has 0 fully saturated rings. The molecule has 7 nitrogen and oxygen atoms in total. The first-order chi connectivity index (χ1) is 17.2. The summed E-state index contributed by atoms with van der Waals surface area (Å²) in [7, 11) is 1.40. The fourth-order valence-corrected chi connectivity index (χ4v) is 4.94. The first kappa shape index (κ1) is 36.0. The molecule has 0 saturated carbocycles. The van der Waals surface area contributed by atoms with Crippen LogP contribution in [-0.2, 0) is 18.3 Å². The molecule has 0 spiro atoms. The Labute approximate surface area is 223 Å². The summed E-state index contributed by atoms with van der Waals surface area (Å²) in [5.41, 5.74) is 0. The van der Waals surface area contributed by atoms with E-state index in [9.17, 15) is 14.6 Å². The van der Waals surface area contributed by atoms with Crippen LogP contribution in [-0.4, -0.2) is 69.8 Å². The van der Waals surface area contributed by atoms with E-state index in [1.807, 2.05) is 21.1 Å². The molecule has 0 aromatic heterocycles. The lowest BCUT2D eigenvalue weighted by Gasteiger charge is -2.29. The highest BCUT2D eigenvalue weighted by atomic mass is 31.2. The molecule has 0 bridgehead atoms. The molecule has 0 aromatic carbocycles. The van der Waals surface area contributed by atoms with Gasteiger partial charge in [-0.15, -0.1) is 0 Å². The number of phosphoric ester groups is 1. The predicted molar refractivity (Wildman–Crippen MR) is 148 cm³/mol. The van der Waals surface area contributed by atoms with Crippen molar-refractivity contribution in [2.75, 3.05) is 54.1 Å². The van der Waals surface area contributed by atoms with Crippen LogP contribution in [0.25, 0.3) is 0 Å². The number of aliphatic hydroxyl groups is 1.